The molecule has 0 aliphatic heterocycles. The number of rotatable bonds is 7. The van der Waals surface area contributed by atoms with E-state index in [0.29, 0.717) is 6.42 Å². The molecule has 0 heterocycles. The Hall–Kier alpha value is -0.0900. The summed E-state index contributed by atoms with van der Waals surface area (Å²) in [5.74, 6) is 0.255. The van der Waals surface area contributed by atoms with Gasteiger partial charge in [0.1, 0.15) is 0 Å². The summed E-state index contributed by atoms with van der Waals surface area (Å²) in [5, 5.41) is 0.758. The Kier molecular flexibility index (Phi) is 8.18. The van der Waals surface area contributed by atoms with Crippen molar-refractivity contribution in [2.45, 2.75) is 19.8 Å². The van der Waals surface area contributed by atoms with Gasteiger partial charge >= 0.3 is 0 Å². The molecular formula is C10H21BrN2O. The Balaban J connectivity index is 3.93. The topological polar surface area (TPSA) is 23.6 Å². The van der Waals surface area contributed by atoms with E-state index in [-0.39, 0.29) is 5.91 Å². The first-order valence-electron chi connectivity index (χ1n) is 5.10. The molecule has 0 saturated heterocycles. The first-order chi connectivity index (χ1) is 6.61. The first-order valence-corrected chi connectivity index (χ1v) is 6.22. The lowest BCUT2D eigenvalue weighted by molar-refractivity contribution is -0.130. The van der Waals surface area contributed by atoms with Gasteiger partial charge in [0, 0.05) is 31.4 Å². The second-order valence-corrected chi connectivity index (χ2v) is 4.42. The molecule has 0 aliphatic carbocycles. The fourth-order valence-electron chi connectivity index (χ4n) is 1.19. The van der Waals surface area contributed by atoms with Crippen molar-refractivity contribution >= 4 is 21.8 Å². The molecule has 0 rings (SSSR count). The molecule has 0 spiro atoms. The molecule has 3 nitrogen and oxygen atoms in total. The Bertz CT molecular complexity index is 162. The number of alkyl halides is 1. The molecule has 14 heavy (non-hydrogen) atoms. The molecule has 84 valence electrons. The first kappa shape index (κ1) is 13.9. The van der Waals surface area contributed by atoms with Crippen molar-refractivity contribution in [3.8, 4) is 0 Å². The van der Waals surface area contributed by atoms with E-state index in [2.05, 4.69) is 27.8 Å². The number of hydrogen-bond donors (Lipinski definition) is 0. The van der Waals surface area contributed by atoms with Crippen LogP contribution in [0, 0.1) is 0 Å². The van der Waals surface area contributed by atoms with E-state index in [1.54, 1.807) is 0 Å². The minimum absolute atomic E-state index is 0.255. The van der Waals surface area contributed by atoms with Crippen molar-refractivity contribution in [3.05, 3.63) is 0 Å². The summed E-state index contributed by atoms with van der Waals surface area (Å²) in [6.45, 7) is 4.75. The summed E-state index contributed by atoms with van der Waals surface area (Å²) in [5.41, 5.74) is 0. The summed E-state index contributed by atoms with van der Waals surface area (Å²) >= 11 is 3.29. The minimum atomic E-state index is 0.255. The summed E-state index contributed by atoms with van der Waals surface area (Å²) < 4.78 is 0. The van der Waals surface area contributed by atoms with Crippen LogP contribution in [0.2, 0.25) is 0 Å². The van der Waals surface area contributed by atoms with E-state index in [1.807, 2.05) is 19.0 Å². The predicted octanol–water partition coefficient (Wildman–Crippen LogP) is 1.57. The summed E-state index contributed by atoms with van der Waals surface area (Å²) in [6, 6.07) is 0. The summed E-state index contributed by atoms with van der Waals surface area (Å²) in [7, 11) is 4.05. The maximum atomic E-state index is 11.6. The summed E-state index contributed by atoms with van der Waals surface area (Å²) in [4.78, 5) is 15.7. The van der Waals surface area contributed by atoms with Gasteiger partial charge in [-0.3, -0.25) is 4.79 Å². The van der Waals surface area contributed by atoms with E-state index < -0.39 is 0 Å². The maximum Gasteiger partial charge on any atom is 0.223 e. The van der Waals surface area contributed by atoms with Gasteiger partial charge in [-0.25, -0.2) is 0 Å². The van der Waals surface area contributed by atoms with Crippen molar-refractivity contribution in [3.63, 3.8) is 0 Å². The number of amides is 1. The van der Waals surface area contributed by atoms with E-state index >= 15 is 0 Å². The van der Waals surface area contributed by atoms with Crippen molar-refractivity contribution in [1.29, 1.82) is 0 Å². The highest BCUT2D eigenvalue weighted by Crippen LogP contribution is 1.99. The van der Waals surface area contributed by atoms with Crippen LogP contribution in [0.4, 0.5) is 0 Å². The lowest BCUT2D eigenvalue weighted by Crippen LogP contribution is -2.37. The molecule has 1 amide bonds. The zero-order valence-corrected chi connectivity index (χ0v) is 11.0. The van der Waals surface area contributed by atoms with Crippen LogP contribution >= 0.6 is 15.9 Å². The molecule has 0 bridgehead atoms. The highest BCUT2D eigenvalue weighted by molar-refractivity contribution is 9.09. The van der Waals surface area contributed by atoms with Crippen LogP contribution in [0.3, 0.4) is 0 Å². The van der Waals surface area contributed by atoms with Gasteiger partial charge in [-0.15, -0.1) is 0 Å². The molecule has 0 unspecified atom stereocenters. The lowest BCUT2D eigenvalue weighted by atomic mass is 10.3. The molecule has 4 heteroatoms. The zero-order chi connectivity index (χ0) is 11.0. The average Bonchev–Trinajstić information content (AvgIpc) is 2.12. The third-order valence-corrected chi connectivity index (χ3v) is 2.37. The fraction of sp³-hybridized carbons (Fsp3) is 0.900. The Morgan fingerprint density at radius 3 is 2.29 bits per heavy atom. The standard InChI is InChI=1S/C10H21BrN2O/c1-4-7-13(9-8-12(2)3)10(14)5-6-11/h4-9H2,1-3H3. The number of carbonyl (C=O) groups is 1. The van der Waals surface area contributed by atoms with Crippen molar-refractivity contribution in [2.75, 3.05) is 39.1 Å². The second kappa shape index (κ2) is 8.24. The third-order valence-electron chi connectivity index (χ3n) is 1.97. The van der Waals surface area contributed by atoms with Crippen LogP contribution in [0.5, 0.6) is 0 Å². The number of likely N-dealkylation sites (N-methyl/N-ethyl adjacent to an activating group) is 1. The van der Waals surface area contributed by atoms with E-state index in [0.717, 1.165) is 31.4 Å². The monoisotopic (exact) mass is 264 g/mol. The smallest absolute Gasteiger partial charge is 0.223 e. The van der Waals surface area contributed by atoms with Crippen molar-refractivity contribution < 1.29 is 4.79 Å². The van der Waals surface area contributed by atoms with Crippen LogP contribution in [0.25, 0.3) is 0 Å². The van der Waals surface area contributed by atoms with E-state index in [4.69, 9.17) is 0 Å². The lowest BCUT2D eigenvalue weighted by Gasteiger charge is -2.23. The fourth-order valence-corrected chi connectivity index (χ4v) is 1.53. The van der Waals surface area contributed by atoms with Gasteiger partial charge in [0.05, 0.1) is 0 Å². The van der Waals surface area contributed by atoms with Crippen molar-refractivity contribution in [2.24, 2.45) is 0 Å². The molecule has 0 aromatic carbocycles. The largest absolute Gasteiger partial charge is 0.341 e. The van der Waals surface area contributed by atoms with Gasteiger partial charge in [0.15, 0.2) is 0 Å². The third kappa shape index (κ3) is 6.38. The molecule has 0 saturated carbocycles. The Morgan fingerprint density at radius 1 is 1.21 bits per heavy atom. The molecule has 0 aromatic heterocycles. The van der Waals surface area contributed by atoms with Crippen molar-refractivity contribution in [1.82, 2.24) is 9.80 Å². The highest BCUT2D eigenvalue weighted by atomic mass is 79.9. The molecule has 0 radical (unpaired) electrons. The van der Waals surface area contributed by atoms with Crippen LogP contribution < -0.4 is 0 Å². The SMILES string of the molecule is CCCN(CCN(C)C)C(=O)CCBr. The second-order valence-electron chi connectivity index (χ2n) is 3.62. The number of hydrogen-bond acceptors (Lipinski definition) is 2. The van der Waals surface area contributed by atoms with Crippen LogP contribution in [0.15, 0.2) is 0 Å². The van der Waals surface area contributed by atoms with Crippen LogP contribution in [-0.2, 0) is 4.79 Å². The van der Waals surface area contributed by atoms with Gasteiger partial charge in [0.25, 0.3) is 0 Å². The van der Waals surface area contributed by atoms with Gasteiger partial charge in [-0.05, 0) is 20.5 Å². The van der Waals surface area contributed by atoms with Crippen LogP contribution in [0.1, 0.15) is 19.8 Å². The van der Waals surface area contributed by atoms with Gasteiger partial charge in [-0.1, -0.05) is 22.9 Å². The van der Waals surface area contributed by atoms with Gasteiger partial charge < -0.3 is 9.80 Å². The maximum absolute atomic E-state index is 11.6. The molecule has 0 fully saturated rings. The van der Waals surface area contributed by atoms with E-state index in [1.165, 1.54) is 0 Å². The van der Waals surface area contributed by atoms with Gasteiger partial charge in [-0.2, -0.15) is 0 Å². The number of nitrogens with zero attached hydrogens (tertiary/aromatic N) is 2. The number of halogens is 1. The Morgan fingerprint density at radius 2 is 1.86 bits per heavy atom. The number of carbonyl (C=O) groups excluding carboxylic acids is 1. The van der Waals surface area contributed by atoms with Gasteiger partial charge in [0.2, 0.25) is 5.91 Å². The van der Waals surface area contributed by atoms with Crippen LogP contribution in [-0.4, -0.2) is 54.8 Å². The summed E-state index contributed by atoms with van der Waals surface area (Å²) in [6.07, 6.45) is 1.63. The van der Waals surface area contributed by atoms with E-state index in [9.17, 15) is 4.79 Å². The zero-order valence-electron chi connectivity index (χ0n) is 9.42. The molecular weight excluding hydrogens is 244 g/mol. The molecule has 0 aliphatic rings. The quantitative estimate of drug-likeness (QED) is 0.652. The molecule has 0 aromatic rings. The molecule has 0 N–H and O–H groups in total. The normalized spacial score (nSPS) is 10.6. The average molecular weight is 265 g/mol. The minimum Gasteiger partial charge on any atom is -0.341 e. The Labute approximate surface area is 95.6 Å². The highest BCUT2D eigenvalue weighted by Gasteiger charge is 2.11. The predicted molar refractivity (Wildman–Crippen MR) is 63.8 cm³/mol. The molecule has 0 atom stereocenters.